The molecule has 1 N–H and O–H groups in total. The Kier molecular flexibility index (Phi) is 5.00. The first-order valence-corrected chi connectivity index (χ1v) is 8.82. The van der Waals surface area contributed by atoms with E-state index in [0.717, 1.165) is 36.1 Å². The highest BCUT2D eigenvalue weighted by molar-refractivity contribution is 5.97. The van der Waals surface area contributed by atoms with Gasteiger partial charge in [-0.15, -0.1) is 0 Å². The summed E-state index contributed by atoms with van der Waals surface area (Å²) in [4.78, 5) is 12.8. The maximum Gasteiger partial charge on any atom is 0.181 e. The number of benzene rings is 1. The number of aliphatic hydroxyl groups excluding tert-OH is 1. The standard InChI is InChI=1S/C20H23N3O2/c1-13(24)6-11-18(25)20-14(2)19(22-23(20)17-4-3-5-17)16-9-7-15(12-21)8-10-16/h7-10,13,17,24H,3-6,11H2,1-2H3/t13-/m1/s1. The summed E-state index contributed by atoms with van der Waals surface area (Å²) in [5.74, 6) is 0.0395. The van der Waals surface area contributed by atoms with E-state index in [4.69, 9.17) is 10.4 Å². The van der Waals surface area contributed by atoms with Crippen LogP contribution in [0.15, 0.2) is 24.3 Å². The fraction of sp³-hybridized carbons (Fsp3) is 0.450. The van der Waals surface area contributed by atoms with Gasteiger partial charge >= 0.3 is 0 Å². The maximum atomic E-state index is 12.8. The third-order valence-electron chi connectivity index (χ3n) is 4.91. The van der Waals surface area contributed by atoms with Crippen molar-refractivity contribution in [1.82, 2.24) is 9.78 Å². The molecule has 0 bridgehead atoms. The highest BCUT2D eigenvalue weighted by atomic mass is 16.3. The number of aromatic nitrogens is 2. The maximum absolute atomic E-state index is 12.8. The number of rotatable bonds is 6. The molecule has 0 radical (unpaired) electrons. The van der Waals surface area contributed by atoms with Crippen molar-refractivity contribution in [3.05, 3.63) is 41.1 Å². The van der Waals surface area contributed by atoms with Gasteiger partial charge in [-0.3, -0.25) is 9.48 Å². The average molecular weight is 337 g/mol. The van der Waals surface area contributed by atoms with E-state index in [9.17, 15) is 9.90 Å². The molecule has 1 aliphatic rings. The summed E-state index contributed by atoms with van der Waals surface area (Å²) in [5, 5.41) is 23.2. The monoisotopic (exact) mass is 337 g/mol. The Morgan fingerprint density at radius 3 is 2.60 bits per heavy atom. The van der Waals surface area contributed by atoms with Gasteiger partial charge in [-0.05, 0) is 51.7 Å². The molecule has 2 aromatic rings. The van der Waals surface area contributed by atoms with E-state index in [1.165, 1.54) is 0 Å². The molecule has 1 fully saturated rings. The smallest absolute Gasteiger partial charge is 0.181 e. The molecule has 0 unspecified atom stereocenters. The van der Waals surface area contributed by atoms with E-state index in [-0.39, 0.29) is 11.8 Å². The molecule has 5 heteroatoms. The van der Waals surface area contributed by atoms with Gasteiger partial charge in [0.1, 0.15) is 5.69 Å². The van der Waals surface area contributed by atoms with Crippen LogP contribution in [0.5, 0.6) is 0 Å². The van der Waals surface area contributed by atoms with Crippen molar-refractivity contribution < 1.29 is 9.90 Å². The summed E-state index contributed by atoms with van der Waals surface area (Å²) in [6.07, 6.45) is 3.55. The van der Waals surface area contributed by atoms with Crippen molar-refractivity contribution in [2.24, 2.45) is 0 Å². The largest absolute Gasteiger partial charge is 0.393 e. The molecule has 1 aliphatic carbocycles. The van der Waals surface area contributed by atoms with Crippen molar-refractivity contribution >= 4 is 5.78 Å². The molecule has 0 saturated heterocycles. The van der Waals surface area contributed by atoms with Gasteiger partial charge < -0.3 is 5.11 Å². The number of hydrogen-bond donors (Lipinski definition) is 1. The minimum absolute atomic E-state index is 0.0395. The lowest BCUT2D eigenvalue weighted by Gasteiger charge is -2.27. The third kappa shape index (κ3) is 3.49. The zero-order valence-corrected chi connectivity index (χ0v) is 14.7. The SMILES string of the molecule is Cc1c(-c2ccc(C#N)cc2)nn(C2CCC2)c1C(=O)CC[C@@H](C)O. The first-order chi connectivity index (χ1) is 12.0. The fourth-order valence-electron chi connectivity index (χ4n) is 3.18. The van der Waals surface area contributed by atoms with Crippen LogP contribution >= 0.6 is 0 Å². The van der Waals surface area contributed by atoms with E-state index in [1.54, 1.807) is 19.1 Å². The molecule has 1 aromatic carbocycles. The average Bonchev–Trinajstić information content (AvgIpc) is 2.88. The van der Waals surface area contributed by atoms with Gasteiger partial charge in [0.05, 0.1) is 29.5 Å². The lowest BCUT2D eigenvalue weighted by Crippen LogP contribution is -2.23. The third-order valence-corrected chi connectivity index (χ3v) is 4.91. The lowest BCUT2D eigenvalue weighted by atomic mass is 9.92. The van der Waals surface area contributed by atoms with Gasteiger partial charge in [0.25, 0.3) is 0 Å². The number of nitriles is 1. The highest BCUT2D eigenvalue weighted by Gasteiger charge is 2.29. The molecule has 0 aliphatic heterocycles. The van der Waals surface area contributed by atoms with Crippen LogP contribution in [0, 0.1) is 18.3 Å². The summed E-state index contributed by atoms with van der Waals surface area (Å²) in [5.41, 5.74) is 3.88. The van der Waals surface area contributed by atoms with Gasteiger partial charge in [-0.1, -0.05) is 12.1 Å². The molecule has 1 saturated carbocycles. The lowest BCUT2D eigenvalue weighted by molar-refractivity contribution is 0.0931. The van der Waals surface area contributed by atoms with Gasteiger partial charge in [0.2, 0.25) is 0 Å². The Morgan fingerprint density at radius 2 is 2.08 bits per heavy atom. The molecule has 0 spiro atoms. The predicted octanol–water partition coefficient (Wildman–Crippen LogP) is 3.80. The van der Waals surface area contributed by atoms with Crippen LogP contribution in [0.2, 0.25) is 0 Å². The molecular formula is C20H23N3O2. The van der Waals surface area contributed by atoms with Crippen molar-refractivity contribution in [3.63, 3.8) is 0 Å². The van der Waals surface area contributed by atoms with Crippen molar-refractivity contribution in [2.75, 3.05) is 0 Å². The van der Waals surface area contributed by atoms with Gasteiger partial charge in [-0.2, -0.15) is 10.4 Å². The molecule has 25 heavy (non-hydrogen) atoms. The van der Waals surface area contributed by atoms with Crippen LogP contribution in [0.25, 0.3) is 11.3 Å². The molecule has 1 aromatic heterocycles. The van der Waals surface area contributed by atoms with Gasteiger partial charge in [0.15, 0.2) is 5.78 Å². The van der Waals surface area contributed by atoms with Crippen LogP contribution in [0.3, 0.4) is 0 Å². The van der Waals surface area contributed by atoms with Crippen LogP contribution in [0.1, 0.15) is 66.7 Å². The van der Waals surface area contributed by atoms with E-state index < -0.39 is 6.10 Å². The number of carbonyl (C=O) groups is 1. The number of hydrogen-bond acceptors (Lipinski definition) is 4. The molecular weight excluding hydrogens is 314 g/mol. The van der Waals surface area contributed by atoms with Crippen molar-refractivity contribution in [2.45, 2.75) is 58.1 Å². The Balaban J connectivity index is 1.99. The number of nitrogens with zero attached hydrogens (tertiary/aromatic N) is 3. The van der Waals surface area contributed by atoms with E-state index in [1.807, 2.05) is 23.7 Å². The fourth-order valence-corrected chi connectivity index (χ4v) is 3.18. The molecule has 3 rings (SSSR count). The molecule has 1 atom stereocenters. The number of Topliss-reactive ketones (excluding diaryl/α,β-unsaturated/α-hetero) is 1. The molecule has 5 nitrogen and oxygen atoms in total. The van der Waals surface area contributed by atoms with Crippen LogP contribution in [-0.2, 0) is 0 Å². The minimum Gasteiger partial charge on any atom is -0.393 e. The second-order valence-electron chi connectivity index (χ2n) is 6.85. The summed E-state index contributed by atoms with van der Waals surface area (Å²) in [7, 11) is 0. The summed E-state index contributed by atoms with van der Waals surface area (Å²) in [6, 6.07) is 9.70. The number of ketones is 1. The first-order valence-electron chi connectivity index (χ1n) is 8.82. The predicted molar refractivity (Wildman–Crippen MR) is 95.2 cm³/mol. The van der Waals surface area contributed by atoms with Crippen molar-refractivity contribution in [3.8, 4) is 17.3 Å². The van der Waals surface area contributed by atoms with E-state index in [0.29, 0.717) is 24.1 Å². The number of carbonyl (C=O) groups excluding carboxylic acids is 1. The number of aliphatic hydroxyl groups is 1. The Morgan fingerprint density at radius 1 is 1.40 bits per heavy atom. The van der Waals surface area contributed by atoms with Gasteiger partial charge in [0, 0.05) is 17.5 Å². The summed E-state index contributed by atoms with van der Waals surface area (Å²) >= 11 is 0. The topological polar surface area (TPSA) is 78.9 Å². The molecule has 1 heterocycles. The second-order valence-corrected chi connectivity index (χ2v) is 6.85. The quantitative estimate of drug-likeness (QED) is 0.813. The van der Waals surface area contributed by atoms with E-state index in [2.05, 4.69) is 6.07 Å². The van der Waals surface area contributed by atoms with Crippen molar-refractivity contribution in [1.29, 1.82) is 5.26 Å². The summed E-state index contributed by atoms with van der Waals surface area (Å²) in [6.45, 7) is 3.64. The normalized spacial score (nSPS) is 15.4. The molecule has 130 valence electrons. The van der Waals surface area contributed by atoms with Crippen LogP contribution in [0.4, 0.5) is 0 Å². The Bertz CT molecular complexity index is 809. The second kappa shape index (κ2) is 7.20. The van der Waals surface area contributed by atoms with Crippen LogP contribution in [-0.4, -0.2) is 26.8 Å². The summed E-state index contributed by atoms with van der Waals surface area (Å²) < 4.78 is 1.90. The van der Waals surface area contributed by atoms with E-state index >= 15 is 0 Å². The minimum atomic E-state index is -0.484. The molecule has 0 amide bonds. The Hall–Kier alpha value is -2.45. The highest BCUT2D eigenvalue weighted by Crippen LogP contribution is 2.36. The zero-order chi connectivity index (χ0) is 18.0. The van der Waals surface area contributed by atoms with Crippen LogP contribution < -0.4 is 0 Å². The zero-order valence-electron chi connectivity index (χ0n) is 14.7. The van der Waals surface area contributed by atoms with Gasteiger partial charge in [-0.25, -0.2) is 0 Å². The first kappa shape index (κ1) is 17.4. The Labute approximate surface area is 147 Å².